The van der Waals surface area contributed by atoms with E-state index in [1.165, 1.54) is 11.2 Å². The molecule has 2 rings (SSSR count). The number of aromatic nitrogens is 1. The average Bonchev–Trinajstić information content (AvgIpc) is 2.69. The van der Waals surface area contributed by atoms with E-state index in [0.29, 0.717) is 12.8 Å². The molecule has 0 amide bonds. The van der Waals surface area contributed by atoms with Crippen LogP contribution in [0.4, 0.5) is 5.82 Å². The van der Waals surface area contributed by atoms with E-state index in [1.807, 2.05) is 0 Å². The van der Waals surface area contributed by atoms with Gasteiger partial charge in [0.15, 0.2) is 16.5 Å². The molecule has 1 saturated heterocycles. The van der Waals surface area contributed by atoms with Crippen molar-refractivity contribution < 1.29 is 22.8 Å². The van der Waals surface area contributed by atoms with Gasteiger partial charge in [0.25, 0.3) is 10.0 Å². The predicted octanol–water partition coefficient (Wildman–Crippen LogP) is 0.439. The Morgan fingerprint density at radius 2 is 2.20 bits per heavy atom. The first-order valence-corrected chi connectivity index (χ1v) is 7.67. The number of sulfonamides is 1. The largest absolute Gasteiger partial charge is 0.481 e. The molecule has 1 aromatic heterocycles. The van der Waals surface area contributed by atoms with Crippen LogP contribution in [0.2, 0.25) is 0 Å². The maximum absolute atomic E-state index is 12.6. The number of carbonyl (C=O) groups is 1. The molecule has 2 atom stereocenters. The third-order valence-electron chi connectivity index (χ3n) is 3.65. The van der Waals surface area contributed by atoms with Crippen molar-refractivity contribution in [2.45, 2.75) is 37.6 Å². The normalized spacial score (nSPS) is 24.7. The van der Waals surface area contributed by atoms with Crippen molar-refractivity contribution in [2.75, 3.05) is 12.3 Å². The lowest BCUT2D eigenvalue weighted by molar-refractivity contribution is -0.144. The number of aryl methyl sites for hydroxylation is 1. The van der Waals surface area contributed by atoms with Crippen LogP contribution in [0, 0.1) is 12.8 Å². The molecule has 2 heterocycles. The van der Waals surface area contributed by atoms with Gasteiger partial charge in [-0.3, -0.25) is 4.79 Å². The molecule has 0 unspecified atom stereocenters. The van der Waals surface area contributed by atoms with Crippen LogP contribution in [0.3, 0.4) is 0 Å². The molecule has 20 heavy (non-hydrogen) atoms. The summed E-state index contributed by atoms with van der Waals surface area (Å²) in [5.41, 5.74) is 5.55. The SMILES string of the molecule is Cc1onc(N)c1S(=O)(=O)N1CCC[C@@H](C(=O)O)[C@H]1C. The number of carboxylic acid groups (broad SMARTS) is 1. The summed E-state index contributed by atoms with van der Waals surface area (Å²) in [7, 11) is -3.91. The molecular weight excluding hydrogens is 286 g/mol. The van der Waals surface area contributed by atoms with Crippen molar-refractivity contribution in [1.82, 2.24) is 9.46 Å². The Labute approximate surface area is 116 Å². The van der Waals surface area contributed by atoms with Gasteiger partial charge in [0.1, 0.15) is 0 Å². The van der Waals surface area contributed by atoms with Crippen molar-refractivity contribution in [2.24, 2.45) is 5.92 Å². The standard InChI is InChI=1S/C11H17N3O5S/c1-6-8(11(15)16)4-3-5-14(6)20(17,18)9-7(2)19-13-10(9)12/h6,8H,3-5H2,1-2H3,(H2,12,13)(H,15,16)/t6-,8-/m1/s1. The molecule has 0 bridgehead atoms. The summed E-state index contributed by atoms with van der Waals surface area (Å²) in [6, 6.07) is -0.639. The number of carboxylic acids is 1. The number of rotatable bonds is 3. The first-order valence-electron chi connectivity index (χ1n) is 6.23. The Balaban J connectivity index is 2.42. The van der Waals surface area contributed by atoms with E-state index in [9.17, 15) is 13.2 Å². The highest BCUT2D eigenvalue weighted by Crippen LogP contribution is 2.32. The summed E-state index contributed by atoms with van der Waals surface area (Å²) < 4.78 is 31.2. The number of nitrogens with zero attached hydrogens (tertiary/aromatic N) is 2. The van der Waals surface area contributed by atoms with E-state index in [4.69, 9.17) is 15.4 Å². The van der Waals surface area contributed by atoms with Gasteiger partial charge in [0.2, 0.25) is 0 Å². The van der Waals surface area contributed by atoms with Gasteiger partial charge in [-0.2, -0.15) is 4.31 Å². The fourth-order valence-electron chi connectivity index (χ4n) is 2.59. The number of hydrogen-bond donors (Lipinski definition) is 2. The number of aliphatic carboxylic acids is 1. The third-order valence-corrected chi connectivity index (χ3v) is 5.79. The van der Waals surface area contributed by atoms with Gasteiger partial charge in [0.05, 0.1) is 5.92 Å². The Morgan fingerprint density at radius 1 is 1.55 bits per heavy atom. The summed E-state index contributed by atoms with van der Waals surface area (Å²) in [6.45, 7) is 3.31. The highest BCUT2D eigenvalue weighted by Gasteiger charge is 2.41. The van der Waals surface area contributed by atoms with Crippen molar-refractivity contribution in [1.29, 1.82) is 0 Å². The van der Waals surface area contributed by atoms with E-state index in [-0.39, 0.29) is 23.0 Å². The molecule has 0 saturated carbocycles. The minimum Gasteiger partial charge on any atom is -0.481 e. The zero-order chi connectivity index (χ0) is 15.1. The number of piperidine rings is 1. The lowest BCUT2D eigenvalue weighted by Crippen LogP contribution is -2.49. The quantitative estimate of drug-likeness (QED) is 0.829. The molecule has 1 aliphatic rings. The lowest BCUT2D eigenvalue weighted by Gasteiger charge is -2.36. The van der Waals surface area contributed by atoms with Gasteiger partial charge in [-0.1, -0.05) is 5.16 Å². The summed E-state index contributed by atoms with van der Waals surface area (Å²) in [5, 5.41) is 12.6. The van der Waals surface area contributed by atoms with Crippen LogP contribution in [0.1, 0.15) is 25.5 Å². The third kappa shape index (κ3) is 2.27. The fourth-order valence-corrected chi connectivity index (χ4v) is 4.48. The van der Waals surface area contributed by atoms with Crippen molar-refractivity contribution in [3.63, 3.8) is 0 Å². The number of nitrogen functional groups attached to an aromatic ring is 1. The lowest BCUT2D eigenvalue weighted by atomic mass is 9.92. The van der Waals surface area contributed by atoms with Crippen molar-refractivity contribution in [3.05, 3.63) is 5.76 Å². The topological polar surface area (TPSA) is 127 Å². The zero-order valence-corrected chi connectivity index (χ0v) is 12.1. The van der Waals surface area contributed by atoms with Gasteiger partial charge < -0.3 is 15.4 Å². The Hall–Kier alpha value is -1.61. The van der Waals surface area contributed by atoms with Crippen LogP contribution in [-0.4, -0.2) is 41.5 Å². The smallest absolute Gasteiger partial charge is 0.308 e. The average molecular weight is 303 g/mol. The summed E-state index contributed by atoms with van der Waals surface area (Å²) in [4.78, 5) is 11.0. The van der Waals surface area contributed by atoms with Crippen molar-refractivity contribution in [3.8, 4) is 0 Å². The number of nitrogens with two attached hydrogens (primary N) is 1. The molecule has 0 aromatic carbocycles. The zero-order valence-electron chi connectivity index (χ0n) is 11.2. The van der Waals surface area contributed by atoms with Crippen molar-refractivity contribution >= 4 is 21.8 Å². The van der Waals surface area contributed by atoms with Gasteiger partial charge >= 0.3 is 5.97 Å². The maximum atomic E-state index is 12.6. The first-order chi connectivity index (χ1) is 9.26. The molecule has 1 aromatic rings. The second kappa shape index (κ2) is 5.06. The van der Waals surface area contributed by atoms with Gasteiger partial charge in [0, 0.05) is 12.6 Å². The Bertz CT molecular complexity index is 605. The van der Waals surface area contributed by atoms with E-state index in [1.54, 1.807) is 6.92 Å². The number of hydrogen-bond acceptors (Lipinski definition) is 6. The molecule has 0 spiro atoms. The Morgan fingerprint density at radius 3 is 2.70 bits per heavy atom. The van der Waals surface area contributed by atoms with Crippen LogP contribution in [0.5, 0.6) is 0 Å². The van der Waals surface area contributed by atoms with Gasteiger partial charge in [-0.05, 0) is 26.7 Å². The van der Waals surface area contributed by atoms with Crippen LogP contribution < -0.4 is 5.73 Å². The van der Waals surface area contributed by atoms with E-state index < -0.39 is 28.0 Å². The minimum atomic E-state index is -3.91. The summed E-state index contributed by atoms with van der Waals surface area (Å²) in [5.74, 6) is -1.81. The highest BCUT2D eigenvalue weighted by atomic mass is 32.2. The molecule has 8 nitrogen and oxygen atoms in total. The second-order valence-corrected chi connectivity index (χ2v) is 6.72. The van der Waals surface area contributed by atoms with Gasteiger partial charge in [-0.25, -0.2) is 8.42 Å². The molecule has 3 N–H and O–H groups in total. The molecular formula is C11H17N3O5S. The predicted molar refractivity (Wildman–Crippen MR) is 69.4 cm³/mol. The number of anilines is 1. The summed E-state index contributed by atoms with van der Waals surface area (Å²) >= 11 is 0. The maximum Gasteiger partial charge on any atom is 0.308 e. The van der Waals surface area contributed by atoms with Crippen LogP contribution in [0.15, 0.2) is 9.42 Å². The van der Waals surface area contributed by atoms with E-state index in [2.05, 4.69) is 5.16 Å². The van der Waals surface area contributed by atoms with E-state index in [0.717, 1.165) is 0 Å². The molecule has 0 aliphatic carbocycles. The molecule has 9 heteroatoms. The first kappa shape index (κ1) is 14.8. The highest BCUT2D eigenvalue weighted by molar-refractivity contribution is 7.89. The van der Waals surface area contributed by atoms with Crippen LogP contribution in [-0.2, 0) is 14.8 Å². The van der Waals surface area contributed by atoms with E-state index >= 15 is 0 Å². The van der Waals surface area contributed by atoms with Gasteiger partial charge in [-0.15, -0.1) is 0 Å². The fraction of sp³-hybridized carbons (Fsp3) is 0.636. The summed E-state index contributed by atoms with van der Waals surface area (Å²) in [6.07, 6.45) is 0.950. The Kier molecular flexibility index (Phi) is 3.74. The molecule has 1 aliphatic heterocycles. The van der Waals surface area contributed by atoms with Crippen LogP contribution >= 0.6 is 0 Å². The molecule has 1 fully saturated rings. The minimum absolute atomic E-state index is 0.104. The monoisotopic (exact) mass is 303 g/mol. The molecule has 0 radical (unpaired) electrons. The molecule has 112 valence electrons. The van der Waals surface area contributed by atoms with Crippen LogP contribution in [0.25, 0.3) is 0 Å². The second-order valence-electron chi connectivity index (χ2n) is 4.90.